The predicted octanol–water partition coefficient (Wildman–Crippen LogP) is 2.33. The van der Waals surface area contributed by atoms with E-state index in [1.807, 2.05) is 0 Å². The summed E-state index contributed by atoms with van der Waals surface area (Å²) in [6.07, 6.45) is -0.805. The molecular weight excluding hydrogens is 326 g/mol. The van der Waals surface area contributed by atoms with Crippen molar-refractivity contribution in [1.82, 2.24) is 0 Å². The Hall–Kier alpha value is -1.40. The van der Waals surface area contributed by atoms with Gasteiger partial charge in [0.05, 0.1) is 5.56 Å². The van der Waals surface area contributed by atoms with Gasteiger partial charge in [-0.3, -0.25) is 4.79 Å². The lowest BCUT2D eigenvalue weighted by Gasteiger charge is -2.24. The first-order valence-corrected chi connectivity index (χ1v) is 6.97. The van der Waals surface area contributed by atoms with Crippen molar-refractivity contribution in [2.24, 2.45) is 5.73 Å². The maximum atomic E-state index is 12.0. The normalized spacial score (nSPS) is 19.2. The van der Waals surface area contributed by atoms with Crippen LogP contribution < -0.4 is 5.73 Å². The third kappa shape index (κ3) is 3.02. The number of fused-ring (bicyclic) bond motifs is 1. The van der Waals surface area contributed by atoms with Crippen LogP contribution in [0.5, 0.6) is 0 Å². The van der Waals surface area contributed by atoms with Gasteiger partial charge in [-0.25, -0.2) is 4.79 Å². The van der Waals surface area contributed by atoms with Crippen molar-refractivity contribution in [3.63, 3.8) is 0 Å². The van der Waals surface area contributed by atoms with Gasteiger partial charge in [-0.15, -0.1) is 0 Å². The van der Waals surface area contributed by atoms with Crippen LogP contribution in [0, 0.1) is 0 Å². The fourth-order valence-electron chi connectivity index (χ4n) is 1.96. The van der Waals surface area contributed by atoms with Crippen LogP contribution in [0.2, 0.25) is 0 Å². The molecule has 2 unspecified atom stereocenters. The Kier molecular flexibility index (Phi) is 3.88. The molecule has 2 atom stereocenters. The number of hydrogen-bond acceptors (Lipinski definition) is 5. The maximum absolute atomic E-state index is 12.0. The number of nitrogens with two attached hydrogens (primary N) is 1. The number of benzene rings is 1. The number of cyclic esters (lactones) is 1. The Morgan fingerprint density at radius 2 is 2.10 bits per heavy atom. The standard InChI is InChI=1S/C14H16BrNO4/c1-14(2,3)20-13(18)10(16)11-8-5-4-7(15)6-9(8)12(17)19-11/h4-6,10-11H,16H2,1-3H3. The molecule has 1 aromatic carbocycles. The van der Waals surface area contributed by atoms with Gasteiger partial charge in [0.2, 0.25) is 0 Å². The first-order valence-electron chi connectivity index (χ1n) is 6.18. The molecule has 108 valence electrons. The largest absolute Gasteiger partial charge is 0.459 e. The Morgan fingerprint density at radius 1 is 1.45 bits per heavy atom. The molecule has 6 heteroatoms. The average molecular weight is 342 g/mol. The molecular formula is C14H16BrNO4. The third-order valence-corrected chi connectivity index (χ3v) is 3.27. The SMILES string of the molecule is CC(C)(C)OC(=O)C(N)C1OC(=O)c2cc(Br)ccc21. The van der Waals surface area contributed by atoms with Gasteiger partial charge in [-0.1, -0.05) is 22.0 Å². The molecule has 1 heterocycles. The maximum Gasteiger partial charge on any atom is 0.339 e. The van der Waals surface area contributed by atoms with E-state index in [2.05, 4.69) is 15.9 Å². The van der Waals surface area contributed by atoms with Crippen molar-refractivity contribution in [3.8, 4) is 0 Å². The second-order valence-corrected chi connectivity index (χ2v) is 6.53. The molecule has 2 N–H and O–H groups in total. The minimum Gasteiger partial charge on any atom is -0.459 e. The Balaban J connectivity index is 2.24. The molecule has 1 aromatic rings. The smallest absolute Gasteiger partial charge is 0.339 e. The van der Waals surface area contributed by atoms with Crippen LogP contribution in [0.25, 0.3) is 0 Å². The van der Waals surface area contributed by atoms with E-state index in [4.69, 9.17) is 15.2 Å². The average Bonchev–Trinajstić information content (AvgIpc) is 2.63. The number of esters is 2. The number of ether oxygens (including phenoxy) is 2. The van der Waals surface area contributed by atoms with E-state index in [0.29, 0.717) is 11.1 Å². The first kappa shape index (κ1) is 15.0. The van der Waals surface area contributed by atoms with E-state index in [0.717, 1.165) is 4.47 Å². The molecule has 0 fully saturated rings. The van der Waals surface area contributed by atoms with E-state index in [1.54, 1.807) is 39.0 Å². The van der Waals surface area contributed by atoms with Crippen LogP contribution >= 0.6 is 15.9 Å². The van der Waals surface area contributed by atoms with Crippen LogP contribution in [-0.4, -0.2) is 23.6 Å². The van der Waals surface area contributed by atoms with E-state index in [9.17, 15) is 9.59 Å². The third-order valence-electron chi connectivity index (χ3n) is 2.78. The van der Waals surface area contributed by atoms with E-state index in [1.165, 1.54) is 0 Å². The van der Waals surface area contributed by atoms with Crippen LogP contribution in [0.1, 0.15) is 42.8 Å². The predicted molar refractivity (Wildman–Crippen MR) is 76.1 cm³/mol. The summed E-state index contributed by atoms with van der Waals surface area (Å²) in [5.74, 6) is -1.07. The lowest BCUT2D eigenvalue weighted by molar-refractivity contribution is -0.159. The van der Waals surface area contributed by atoms with Gasteiger partial charge in [0.1, 0.15) is 11.6 Å². The second-order valence-electron chi connectivity index (χ2n) is 5.62. The zero-order chi connectivity index (χ0) is 15.1. The summed E-state index contributed by atoms with van der Waals surface area (Å²) in [6, 6.07) is 4.11. The molecule has 0 saturated heterocycles. The highest BCUT2D eigenvalue weighted by atomic mass is 79.9. The van der Waals surface area contributed by atoms with Crippen molar-refractivity contribution in [3.05, 3.63) is 33.8 Å². The zero-order valence-corrected chi connectivity index (χ0v) is 13.1. The number of carbonyl (C=O) groups excluding carboxylic acids is 2. The summed E-state index contributed by atoms with van der Waals surface area (Å²) < 4.78 is 11.2. The summed E-state index contributed by atoms with van der Waals surface area (Å²) in [4.78, 5) is 23.8. The summed E-state index contributed by atoms with van der Waals surface area (Å²) in [6.45, 7) is 5.26. The highest BCUT2D eigenvalue weighted by molar-refractivity contribution is 9.10. The highest BCUT2D eigenvalue weighted by Crippen LogP contribution is 2.34. The minimum absolute atomic E-state index is 0.420. The van der Waals surface area contributed by atoms with Gasteiger partial charge in [0.25, 0.3) is 0 Å². The fraction of sp³-hybridized carbons (Fsp3) is 0.429. The van der Waals surface area contributed by atoms with E-state index >= 15 is 0 Å². The molecule has 0 amide bonds. The van der Waals surface area contributed by atoms with Crippen molar-refractivity contribution < 1.29 is 19.1 Å². The Labute approximate surface area is 125 Å². The van der Waals surface area contributed by atoms with Crippen LogP contribution in [0.3, 0.4) is 0 Å². The fourth-order valence-corrected chi connectivity index (χ4v) is 2.32. The van der Waals surface area contributed by atoms with Gasteiger partial charge in [-0.05, 0) is 32.9 Å². The molecule has 5 nitrogen and oxygen atoms in total. The monoisotopic (exact) mass is 341 g/mol. The van der Waals surface area contributed by atoms with Crippen molar-refractivity contribution in [2.45, 2.75) is 38.5 Å². The topological polar surface area (TPSA) is 78.6 Å². The minimum atomic E-state index is -1.04. The lowest BCUT2D eigenvalue weighted by atomic mass is 10.00. The number of carbonyl (C=O) groups is 2. The molecule has 1 aliphatic heterocycles. The quantitative estimate of drug-likeness (QED) is 0.835. The summed E-state index contributed by atoms with van der Waals surface area (Å²) in [7, 11) is 0. The summed E-state index contributed by atoms with van der Waals surface area (Å²) in [5.41, 5.74) is 6.27. The molecule has 0 spiro atoms. The molecule has 0 bridgehead atoms. The Morgan fingerprint density at radius 3 is 2.70 bits per heavy atom. The molecule has 0 saturated carbocycles. The van der Waals surface area contributed by atoms with Crippen molar-refractivity contribution >= 4 is 27.9 Å². The molecule has 0 aromatic heterocycles. The van der Waals surface area contributed by atoms with Gasteiger partial charge in [-0.2, -0.15) is 0 Å². The molecule has 0 radical (unpaired) electrons. The lowest BCUT2D eigenvalue weighted by Crippen LogP contribution is -2.41. The second kappa shape index (κ2) is 5.18. The van der Waals surface area contributed by atoms with Gasteiger partial charge >= 0.3 is 11.9 Å². The van der Waals surface area contributed by atoms with Crippen LogP contribution in [-0.2, 0) is 14.3 Å². The van der Waals surface area contributed by atoms with Gasteiger partial charge < -0.3 is 15.2 Å². The molecule has 2 rings (SSSR count). The number of halogens is 1. The molecule has 0 aliphatic carbocycles. The van der Waals surface area contributed by atoms with Gasteiger partial charge in [0, 0.05) is 10.0 Å². The number of hydrogen-bond donors (Lipinski definition) is 1. The van der Waals surface area contributed by atoms with E-state index in [-0.39, 0.29) is 0 Å². The summed E-state index contributed by atoms with van der Waals surface area (Å²) >= 11 is 3.29. The zero-order valence-electron chi connectivity index (χ0n) is 11.5. The van der Waals surface area contributed by atoms with Gasteiger partial charge in [0.15, 0.2) is 6.10 Å². The van der Waals surface area contributed by atoms with Crippen LogP contribution in [0.15, 0.2) is 22.7 Å². The van der Waals surface area contributed by atoms with Crippen LogP contribution in [0.4, 0.5) is 0 Å². The van der Waals surface area contributed by atoms with Crippen molar-refractivity contribution in [2.75, 3.05) is 0 Å². The first-order chi connectivity index (χ1) is 9.19. The molecule has 1 aliphatic rings. The summed E-state index contributed by atoms with van der Waals surface area (Å²) in [5, 5.41) is 0. The highest BCUT2D eigenvalue weighted by Gasteiger charge is 2.40. The Bertz CT molecular complexity index is 565. The molecule has 20 heavy (non-hydrogen) atoms. The van der Waals surface area contributed by atoms with Crippen molar-refractivity contribution in [1.29, 1.82) is 0 Å². The van der Waals surface area contributed by atoms with E-state index < -0.39 is 29.7 Å². The number of rotatable bonds is 2.